The summed E-state index contributed by atoms with van der Waals surface area (Å²) in [6.45, 7) is 0. The molecule has 0 unspecified atom stereocenters. The van der Waals surface area contributed by atoms with Crippen molar-refractivity contribution in [3.05, 3.63) is 89.5 Å². The maximum atomic E-state index is 12.1. The van der Waals surface area contributed by atoms with Crippen molar-refractivity contribution in [3.8, 4) is 0 Å². The van der Waals surface area contributed by atoms with Crippen molar-refractivity contribution in [3.63, 3.8) is 0 Å². The van der Waals surface area contributed by atoms with E-state index in [9.17, 15) is 4.79 Å². The van der Waals surface area contributed by atoms with Crippen LogP contribution in [0.15, 0.2) is 83.5 Å². The number of rotatable bonds is 2. The molecule has 0 spiro atoms. The molecule has 1 aliphatic rings. The van der Waals surface area contributed by atoms with Gasteiger partial charge in [0.05, 0.1) is 5.57 Å². The fourth-order valence-corrected chi connectivity index (χ4v) is 2.75. The summed E-state index contributed by atoms with van der Waals surface area (Å²) in [7, 11) is 0. The molecule has 0 bridgehead atoms. The summed E-state index contributed by atoms with van der Waals surface area (Å²) < 4.78 is 0. The largest absolute Gasteiger partial charge is 0.368 e. The van der Waals surface area contributed by atoms with E-state index in [1.54, 1.807) is 0 Å². The second-order valence-electron chi connectivity index (χ2n) is 5.31. The van der Waals surface area contributed by atoms with Crippen molar-refractivity contribution in [2.75, 3.05) is 0 Å². The molecule has 0 fully saturated rings. The van der Waals surface area contributed by atoms with Crippen LogP contribution >= 0.6 is 0 Å². The molecular formula is C20H13NO2. The van der Waals surface area contributed by atoms with Gasteiger partial charge in [0, 0.05) is 5.56 Å². The number of hydrogen-bond donors (Lipinski definition) is 0. The lowest BCUT2D eigenvalue weighted by Gasteiger charge is -2.04. The van der Waals surface area contributed by atoms with Crippen molar-refractivity contribution in [2.24, 2.45) is 5.16 Å². The Balaban J connectivity index is 1.86. The molecule has 3 nitrogen and oxygen atoms in total. The number of nitrogens with zero attached hydrogens (tertiary/aromatic N) is 1. The third-order valence-corrected chi connectivity index (χ3v) is 3.87. The highest BCUT2D eigenvalue weighted by atomic mass is 16.7. The fraction of sp³-hybridized carbons (Fsp3) is 0. The molecule has 0 aliphatic carbocycles. The molecule has 0 atom stereocenters. The lowest BCUT2D eigenvalue weighted by Crippen LogP contribution is -2.06. The van der Waals surface area contributed by atoms with Crippen LogP contribution in [0.3, 0.4) is 0 Å². The summed E-state index contributed by atoms with van der Waals surface area (Å²) in [5.41, 5.74) is 2.89. The Morgan fingerprint density at radius 1 is 0.826 bits per heavy atom. The predicted octanol–water partition coefficient (Wildman–Crippen LogP) is 4.18. The Morgan fingerprint density at radius 2 is 1.57 bits per heavy atom. The van der Waals surface area contributed by atoms with E-state index in [-0.39, 0.29) is 0 Å². The Morgan fingerprint density at radius 3 is 2.43 bits per heavy atom. The lowest BCUT2D eigenvalue weighted by atomic mass is 9.98. The molecule has 3 aromatic rings. The highest BCUT2D eigenvalue weighted by Crippen LogP contribution is 2.25. The van der Waals surface area contributed by atoms with Crippen LogP contribution in [-0.4, -0.2) is 11.7 Å². The van der Waals surface area contributed by atoms with Crippen LogP contribution in [0.1, 0.15) is 11.1 Å². The number of carbonyl (C=O) groups is 1. The first kappa shape index (κ1) is 13.5. The molecule has 4 rings (SSSR count). The maximum absolute atomic E-state index is 12.1. The predicted molar refractivity (Wildman–Crippen MR) is 91.0 cm³/mol. The normalized spacial score (nSPS) is 15.7. The van der Waals surface area contributed by atoms with E-state index < -0.39 is 5.97 Å². The quantitative estimate of drug-likeness (QED) is 0.526. The van der Waals surface area contributed by atoms with Crippen molar-refractivity contribution in [1.29, 1.82) is 0 Å². The van der Waals surface area contributed by atoms with E-state index in [0.717, 1.165) is 21.9 Å². The first-order chi connectivity index (χ1) is 11.3. The van der Waals surface area contributed by atoms with Gasteiger partial charge in [-0.05, 0) is 22.4 Å². The Bertz CT molecular complexity index is 950. The minimum absolute atomic E-state index is 0.420. The standard InChI is InChI=1S/C20H13NO2/c22-20-18(19(21-23-20)15-8-2-1-3-9-15)13-16-11-6-10-14-7-4-5-12-17(14)16/h1-13H/b18-13-. The van der Waals surface area contributed by atoms with Gasteiger partial charge in [0.25, 0.3) is 0 Å². The summed E-state index contributed by atoms with van der Waals surface area (Å²) in [6, 6.07) is 23.7. The van der Waals surface area contributed by atoms with Crippen LogP contribution in [0, 0.1) is 0 Å². The van der Waals surface area contributed by atoms with Crippen LogP contribution in [0.5, 0.6) is 0 Å². The SMILES string of the molecule is O=C1ON=C(c2ccccc2)/C1=C/c1cccc2ccccc12. The zero-order valence-electron chi connectivity index (χ0n) is 12.3. The summed E-state index contributed by atoms with van der Waals surface area (Å²) >= 11 is 0. The van der Waals surface area contributed by atoms with Gasteiger partial charge in [-0.3, -0.25) is 0 Å². The average molecular weight is 299 g/mol. The number of carbonyl (C=O) groups excluding carboxylic acids is 1. The van der Waals surface area contributed by atoms with E-state index in [4.69, 9.17) is 4.84 Å². The van der Waals surface area contributed by atoms with E-state index in [2.05, 4.69) is 17.3 Å². The zero-order chi connectivity index (χ0) is 15.6. The number of oxime groups is 1. The van der Waals surface area contributed by atoms with Gasteiger partial charge >= 0.3 is 5.97 Å². The fourth-order valence-electron chi connectivity index (χ4n) is 2.75. The Kier molecular flexibility index (Phi) is 3.24. The van der Waals surface area contributed by atoms with Crippen LogP contribution in [0.4, 0.5) is 0 Å². The molecule has 1 aliphatic heterocycles. The van der Waals surface area contributed by atoms with Crippen molar-refractivity contribution in [1.82, 2.24) is 0 Å². The first-order valence-corrected chi connectivity index (χ1v) is 7.37. The molecular weight excluding hydrogens is 286 g/mol. The van der Waals surface area contributed by atoms with Gasteiger partial charge in [0.2, 0.25) is 0 Å². The minimum Gasteiger partial charge on any atom is -0.312 e. The molecule has 0 amide bonds. The second-order valence-corrected chi connectivity index (χ2v) is 5.31. The summed E-state index contributed by atoms with van der Waals surface area (Å²) in [5, 5.41) is 6.17. The van der Waals surface area contributed by atoms with E-state index in [0.29, 0.717) is 11.3 Å². The number of fused-ring (bicyclic) bond motifs is 1. The van der Waals surface area contributed by atoms with Crippen LogP contribution < -0.4 is 0 Å². The monoisotopic (exact) mass is 299 g/mol. The van der Waals surface area contributed by atoms with Gasteiger partial charge in [-0.25, -0.2) is 4.79 Å². The van der Waals surface area contributed by atoms with Crippen molar-refractivity contribution < 1.29 is 9.63 Å². The van der Waals surface area contributed by atoms with Crippen LogP contribution in [0.2, 0.25) is 0 Å². The molecule has 3 aromatic carbocycles. The molecule has 3 heteroatoms. The van der Waals surface area contributed by atoms with Gasteiger partial charge < -0.3 is 4.84 Å². The molecule has 0 aromatic heterocycles. The molecule has 0 saturated carbocycles. The first-order valence-electron chi connectivity index (χ1n) is 7.37. The third-order valence-electron chi connectivity index (χ3n) is 3.87. The van der Waals surface area contributed by atoms with Crippen LogP contribution in [0.25, 0.3) is 16.8 Å². The van der Waals surface area contributed by atoms with Gasteiger partial charge in [-0.1, -0.05) is 78.0 Å². The smallest absolute Gasteiger partial charge is 0.312 e. The Hall–Kier alpha value is -3.20. The topological polar surface area (TPSA) is 38.7 Å². The van der Waals surface area contributed by atoms with Gasteiger partial charge in [0.15, 0.2) is 0 Å². The summed E-state index contributed by atoms with van der Waals surface area (Å²) in [4.78, 5) is 17.0. The molecule has 110 valence electrons. The van der Waals surface area contributed by atoms with E-state index >= 15 is 0 Å². The maximum Gasteiger partial charge on any atom is 0.368 e. The summed E-state index contributed by atoms with van der Waals surface area (Å²) in [6.07, 6.45) is 1.85. The van der Waals surface area contributed by atoms with Gasteiger partial charge in [0.1, 0.15) is 5.71 Å². The van der Waals surface area contributed by atoms with Crippen molar-refractivity contribution >= 4 is 28.5 Å². The second kappa shape index (κ2) is 5.54. The molecule has 1 heterocycles. The van der Waals surface area contributed by atoms with Gasteiger partial charge in [-0.15, -0.1) is 0 Å². The van der Waals surface area contributed by atoms with E-state index in [1.165, 1.54) is 0 Å². The zero-order valence-corrected chi connectivity index (χ0v) is 12.3. The minimum atomic E-state index is -0.420. The number of hydrogen-bond acceptors (Lipinski definition) is 3. The number of benzene rings is 3. The Labute approximate surface area is 133 Å². The average Bonchev–Trinajstić information content (AvgIpc) is 2.97. The molecule has 23 heavy (non-hydrogen) atoms. The van der Waals surface area contributed by atoms with Crippen molar-refractivity contribution in [2.45, 2.75) is 0 Å². The highest BCUT2D eigenvalue weighted by molar-refractivity contribution is 6.31. The summed E-state index contributed by atoms with van der Waals surface area (Å²) in [5.74, 6) is -0.420. The van der Waals surface area contributed by atoms with Gasteiger partial charge in [-0.2, -0.15) is 0 Å². The highest BCUT2D eigenvalue weighted by Gasteiger charge is 2.26. The lowest BCUT2D eigenvalue weighted by molar-refractivity contribution is -0.136. The molecule has 0 saturated heterocycles. The van der Waals surface area contributed by atoms with Crippen LogP contribution in [-0.2, 0) is 9.63 Å². The third kappa shape index (κ3) is 2.42. The molecule has 0 N–H and O–H groups in total. The van der Waals surface area contributed by atoms with E-state index in [1.807, 2.05) is 66.7 Å². The molecule has 0 radical (unpaired) electrons.